The van der Waals surface area contributed by atoms with E-state index in [2.05, 4.69) is 10.6 Å². The first-order chi connectivity index (χ1) is 13.1. The van der Waals surface area contributed by atoms with E-state index in [1.807, 2.05) is 6.92 Å². The molecule has 0 unspecified atom stereocenters. The standard InChI is InChI=1S/C19H26N2O6/c1-2-9-20-17(22)11-21-18(23)13-27-19(24)14-5-7-15(8-6-14)26-12-16-4-3-10-25-16/h5-8,16H,2-4,9-13H2,1H3,(H,20,22)(H,21,23)/t16-/m1/s1. The zero-order valence-corrected chi connectivity index (χ0v) is 15.5. The lowest BCUT2D eigenvalue weighted by Crippen LogP contribution is -2.38. The third-order valence-electron chi connectivity index (χ3n) is 3.90. The van der Waals surface area contributed by atoms with Crippen LogP contribution in [0.25, 0.3) is 0 Å². The van der Waals surface area contributed by atoms with Crippen LogP contribution in [-0.2, 0) is 19.1 Å². The van der Waals surface area contributed by atoms with Crippen molar-refractivity contribution < 1.29 is 28.6 Å². The molecule has 2 N–H and O–H groups in total. The molecule has 2 rings (SSSR count). The van der Waals surface area contributed by atoms with Gasteiger partial charge in [0.15, 0.2) is 6.61 Å². The van der Waals surface area contributed by atoms with Crippen LogP contribution >= 0.6 is 0 Å². The van der Waals surface area contributed by atoms with Crippen molar-refractivity contribution in [1.29, 1.82) is 0 Å². The van der Waals surface area contributed by atoms with Crippen LogP contribution in [0.1, 0.15) is 36.5 Å². The smallest absolute Gasteiger partial charge is 0.338 e. The van der Waals surface area contributed by atoms with Crippen molar-refractivity contribution in [2.75, 3.05) is 32.9 Å². The van der Waals surface area contributed by atoms with Crippen LogP contribution in [0.15, 0.2) is 24.3 Å². The van der Waals surface area contributed by atoms with Gasteiger partial charge in [-0.2, -0.15) is 0 Å². The molecule has 0 aliphatic carbocycles. The third kappa shape index (κ3) is 7.65. The lowest BCUT2D eigenvalue weighted by molar-refractivity contribution is -0.127. The normalized spacial score (nSPS) is 15.8. The monoisotopic (exact) mass is 378 g/mol. The predicted molar refractivity (Wildman–Crippen MR) is 97.5 cm³/mol. The number of hydrogen-bond donors (Lipinski definition) is 2. The molecule has 0 saturated carbocycles. The SMILES string of the molecule is CCCNC(=O)CNC(=O)COC(=O)c1ccc(OC[C@H]2CCCO2)cc1. The molecule has 0 aromatic heterocycles. The summed E-state index contributed by atoms with van der Waals surface area (Å²) in [7, 11) is 0. The summed E-state index contributed by atoms with van der Waals surface area (Å²) in [5.41, 5.74) is 0.313. The average molecular weight is 378 g/mol. The van der Waals surface area contributed by atoms with Gasteiger partial charge in [-0.25, -0.2) is 4.79 Å². The number of rotatable bonds is 10. The molecule has 0 bridgehead atoms. The van der Waals surface area contributed by atoms with Gasteiger partial charge in [0.25, 0.3) is 5.91 Å². The molecule has 1 saturated heterocycles. The summed E-state index contributed by atoms with van der Waals surface area (Å²) in [5, 5.41) is 5.02. The van der Waals surface area contributed by atoms with Gasteiger partial charge in [0.05, 0.1) is 18.2 Å². The van der Waals surface area contributed by atoms with Crippen molar-refractivity contribution in [3.8, 4) is 5.75 Å². The lowest BCUT2D eigenvalue weighted by atomic mass is 10.2. The Balaban J connectivity index is 1.67. The van der Waals surface area contributed by atoms with Gasteiger partial charge in [-0.15, -0.1) is 0 Å². The Hall–Kier alpha value is -2.61. The topological polar surface area (TPSA) is 103 Å². The molecule has 148 valence electrons. The van der Waals surface area contributed by atoms with Crippen molar-refractivity contribution in [2.24, 2.45) is 0 Å². The van der Waals surface area contributed by atoms with Crippen LogP contribution in [0, 0.1) is 0 Å². The van der Waals surface area contributed by atoms with Crippen molar-refractivity contribution in [3.05, 3.63) is 29.8 Å². The van der Waals surface area contributed by atoms with Gasteiger partial charge in [-0.3, -0.25) is 9.59 Å². The lowest BCUT2D eigenvalue weighted by Gasteiger charge is -2.11. The van der Waals surface area contributed by atoms with Crippen LogP contribution in [-0.4, -0.2) is 56.8 Å². The third-order valence-corrected chi connectivity index (χ3v) is 3.90. The molecule has 1 aliphatic rings. The molecule has 1 aromatic carbocycles. The number of carbonyl (C=O) groups excluding carboxylic acids is 3. The van der Waals surface area contributed by atoms with Crippen molar-refractivity contribution in [1.82, 2.24) is 10.6 Å². The van der Waals surface area contributed by atoms with Gasteiger partial charge in [0.2, 0.25) is 5.91 Å². The molecule has 1 fully saturated rings. The van der Waals surface area contributed by atoms with Crippen LogP contribution in [0.2, 0.25) is 0 Å². The zero-order chi connectivity index (χ0) is 19.5. The Morgan fingerprint density at radius 2 is 1.93 bits per heavy atom. The minimum atomic E-state index is -0.619. The number of carbonyl (C=O) groups is 3. The summed E-state index contributed by atoms with van der Waals surface area (Å²) in [5.74, 6) is -0.800. The molecule has 0 radical (unpaired) electrons. The highest BCUT2D eigenvalue weighted by molar-refractivity contribution is 5.92. The first-order valence-electron chi connectivity index (χ1n) is 9.13. The van der Waals surface area contributed by atoms with Gasteiger partial charge >= 0.3 is 5.97 Å². The fraction of sp³-hybridized carbons (Fsp3) is 0.526. The number of hydrogen-bond acceptors (Lipinski definition) is 6. The van der Waals surface area contributed by atoms with E-state index in [4.69, 9.17) is 14.2 Å². The van der Waals surface area contributed by atoms with E-state index in [1.165, 1.54) is 0 Å². The first kappa shape index (κ1) is 20.7. The van der Waals surface area contributed by atoms with E-state index in [9.17, 15) is 14.4 Å². The molecule has 1 aliphatic heterocycles. The van der Waals surface area contributed by atoms with E-state index in [-0.39, 0.29) is 18.6 Å². The zero-order valence-electron chi connectivity index (χ0n) is 15.5. The van der Waals surface area contributed by atoms with E-state index >= 15 is 0 Å². The number of benzene rings is 1. The van der Waals surface area contributed by atoms with E-state index in [0.29, 0.717) is 24.5 Å². The summed E-state index contributed by atoms with van der Waals surface area (Å²) < 4.78 is 16.0. The second-order valence-electron chi connectivity index (χ2n) is 6.17. The Morgan fingerprint density at radius 3 is 2.59 bits per heavy atom. The summed E-state index contributed by atoms with van der Waals surface area (Å²) >= 11 is 0. The van der Waals surface area contributed by atoms with Crippen molar-refractivity contribution >= 4 is 17.8 Å². The molecular weight excluding hydrogens is 352 g/mol. The fourth-order valence-corrected chi connectivity index (χ4v) is 2.42. The van der Waals surface area contributed by atoms with Gasteiger partial charge < -0.3 is 24.8 Å². The Kier molecular flexibility index (Phi) is 8.57. The highest BCUT2D eigenvalue weighted by Crippen LogP contribution is 2.17. The van der Waals surface area contributed by atoms with Crippen molar-refractivity contribution in [2.45, 2.75) is 32.3 Å². The Morgan fingerprint density at radius 1 is 1.15 bits per heavy atom. The number of ether oxygens (including phenoxy) is 3. The minimum absolute atomic E-state index is 0.122. The number of nitrogens with one attached hydrogen (secondary N) is 2. The van der Waals surface area contributed by atoms with Gasteiger partial charge in [-0.05, 0) is 43.5 Å². The summed E-state index contributed by atoms with van der Waals surface area (Å²) in [6, 6.07) is 6.49. The van der Waals surface area contributed by atoms with E-state index < -0.39 is 18.5 Å². The van der Waals surface area contributed by atoms with Crippen LogP contribution in [0.3, 0.4) is 0 Å². The maximum absolute atomic E-state index is 12.0. The maximum Gasteiger partial charge on any atom is 0.338 e. The predicted octanol–water partition coefficient (Wildman–Crippen LogP) is 1.04. The second kappa shape index (κ2) is 11.2. The highest BCUT2D eigenvalue weighted by atomic mass is 16.5. The van der Waals surface area contributed by atoms with E-state index in [0.717, 1.165) is 25.9 Å². The number of esters is 1. The molecule has 0 spiro atoms. The molecule has 2 amide bonds. The maximum atomic E-state index is 12.0. The fourth-order valence-electron chi connectivity index (χ4n) is 2.42. The van der Waals surface area contributed by atoms with Gasteiger partial charge in [0, 0.05) is 13.2 Å². The summed E-state index contributed by atoms with van der Waals surface area (Å²) in [6.07, 6.45) is 2.98. The second-order valence-corrected chi connectivity index (χ2v) is 6.17. The first-order valence-corrected chi connectivity index (χ1v) is 9.13. The average Bonchev–Trinajstić information content (AvgIpc) is 3.21. The molecule has 8 nitrogen and oxygen atoms in total. The number of amides is 2. The highest BCUT2D eigenvalue weighted by Gasteiger charge is 2.16. The van der Waals surface area contributed by atoms with Crippen LogP contribution in [0.5, 0.6) is 5.75 Å². The molecule has 27 heavy (non-hydrogen) atoms. The van der Waals surface area contributed by atoms with Crippen LogP contribution < -0.4 is 15.4 Å². The quantitative estimate of drug-likeness (QED) is 0.590. The summed E-state index contributed by atoms with van der Waals surface area (Å²) in [6.45, 7) is 3.15. The van der Waals surface area contributed by atoms with E-state index in [1.54, 1.807) is 24.3 Å². The Bertz CT molecular complexity index is 626. The minimum Gasteiger partial charge on any atom is -0.491 e. The van der Waals surface area contributed by atoms with Gasteiger partial charge in [0.1, 0.15) is 12.4 Å². The Labute approximate surface area is 158 Å². The summed E-state index contributed by atoms with van der Waals surface area (Å²) in [4.78, 5) is 35.0. The molecule has 1 aromatic rings. The molecular formula is C19H26N2O6. The van der Waals surface area contributed by atoms with Crippen molar-refractivity contribution in [3.63, 3.8) is 0 Å². The van der Waals surface area contributed by atoms with Gasteiger partial charge in [-0.1, -0.05) is 6.92 Å². The molecule has 1 atom stereocenters. The largest absolute Gasteiger partial charge is 0.491 e. The van der Waals surface area contributed by atoms with Crippen LogP contribution in [0.4, 0.5) is 0 Å². The molecule has 1 heterocycles. The molecule has 8 heteroatoms.